The van der Waals surface area contributed by atoms with Crippen LogP contribution in [0.5, 0.6) is 0 Å². The Hall–Kier alpha value is -3.43. The zero-order valence-corrected chi connectivity index (χ0v) is 18.5. The van der Waals surface area contributed by atoms with Crippen molar-refractivity contribution in [3.8, 4) is 0 Å². The third kappa shape index (κ3) is 7.86. The number of ketones is 1. The third-order valence-electron chi connectivity index (χ3n) is 5.49. The van der Waals surface area contributed by atoms with Gasteiger partial charge < -0.3 is 15.5 Å². The summed E-state index contributed by atoms with van der Waals surface area (Å²) in [5.74, 6) is -4.93. The SMILES string of the molecule is CC(=O)c1ccc([C@@H](C(=O)Nc2cc(CC3CC3)ccc2F)[C@@H](C)C(F)(F)F)cc1.O=C(O)O. The molecule has 3 N–H and O–H groups in total. The molecule has 0 aliphatic heterocycles. The molecule has 1 saturated carbocycles. The molecule has 184 valence electrons. The summed E-state index contributed by atoms with van der Waals surface area (Å²) in [7, 11) is 0. The fourth-order valence-electron chi connectivity index (χ4n) is 3.44. The van der Waals surface area contributed by atoms with Gasteiger partial charge >= 0.3 is 12.3 Å². The van der Waals surface area contributed by atoms with Gasteiger partial charge in [0.2, 0.25) is 5.91 Å². The number of alkyl halides is 3. The average molecular weight is 483 g/mol. The van der Waals surface area contributed by atoms with Gasteiger partial charge in [0, 0.05) is 5.56 Å². The molecule has 2 atom stereocenters. The number of benzene rings is 2. The van der Waals surface area contributed by atoms with E-state index in [4.69, 9.17) is 15.0 Å². The Labute approximate surface area is 193 Å². The van der Waals surface area contributed by atoms with E-state index in [1.807, 2.05) is 0 Å². The van der Waals surface area contributed by atoms with E-state index in [0.717, 1.165) is 31.7 Å². The van der Waals surface area contributed by atoms with E-state index in [1.165, 1.54) is 43.3 Å². The van der Waals surface area contributed by atoms with E-state index in [2.05, 4.69) is 5.32 Å². The highest BCUT2D eigenvalue weighted by Gasteiger charge is 2.45. The smallest absolute Gasteiger partial charge is 0.450 e. The predicted octanol–water partition coefficient (Wildman–Crippen LogP) is 6.12. The number of carboxylic acid groups (broad SMARTS) is 2. The van der Waals surface area contributed by atoms with Gasteiger partial charge in [-0.05, 0) is 55.4 Å². The van der Waals surface area contributed by atoms with Gasteiger partial charge in [0.25, 0.3) is 0 Å². The van der Waals surface area contributed by atoms with Crippen molar-refractivity contribution in [1.82, 2.24) is 0 Å². The summed E-state index contributed by atoms with van der Waals surface area (Å²) in [4.78, 5) is 32.9. The topological polar surface area (TPSA) is 104 Å². The third-order valence-corrected chi connectivity index (χ3v) is 5.49. The maximum absolute atomic E-state index is 14.3. The number of hydrogen-bond donors (Lipinski definition) is 3. The Balaban J connectivity index is 0.000000945. The van der Waals surface area contributed by atoms with Crippen LogP contribution in [0.2, 0.25) is 0 Å². The number of rotatable bonds is 7. The zero-order chi connectivity index (χ0) is 25.6. The summed E-state index contributed by atoms with van der Waals surface area (Å²) in [5, 5.41) is 16.3. The van der Waals surface area contributed by atoms with E-state index in [-0.39, 0.29) is 17.0 Å². The molecule has 0 saturated heterocycles. The van der Waals surface area contributed by atoms with Crippen LogP contribution in [0.1, 0.15) is 54.1 Å². The maximum Gasteiger partial charge on any atom is 0.503 e. The molecule has 0 heterocycles. The second-order valence-corrected chi connectivity index (χ2v) is 8.22. The van der Waals surface area contributed by atoms with E-state index in [9.17, 15) is 27.2 Å². The van der Waals surface area contributed by atoms with Crippen molar-refractivity contribution >= 4 is 23.5 Å². The fourth-order valence-corrected chi connectivity index (χ4v) is 3.44. The highest BCUT2D eigenvalue weighted by Crippen LogP contribution is 2.39. The van der Waals surface area contributed by atoms with Crippen LogP contribution in [0, 0.1) is 17.7 Å². The first-order valence-corrected chi connectivity index (χ1v) is 10.5. The van der Waals surface area contributed by atoms with Gasteiger partial charge in [-0.2, -0.15) is 13.2 Å². The van der Waals surface area contributed by atoms with Crippen LogP contribution in [0.15, 0.2) is 42.5 Å². The predicted molar refractivity (Wildman–Crippen MR) is 117 cm³/mol. The summed E-state index contributed by atoms with van der Waals surface area (Å²) in [6.07, 6.45) is -3.52. The number of anilines is 1. The zero-order valence-electron chi connectivity index (χ0n) is 18.5. The lowest BCUT2D eigenvalue weighted by atomic mass is 9.85. The van der Waals surface area contributed by atoms with Crippen LogP contribution in [0.25, 0.3) is 0 Å². The molecule has 0 aromatic heterocycles. The van der Waals surface area contributed by atoms with Crippen LogP contribution < -0.4 is 5.32 Å². The second kappa shape index (κ2) is 11.1. The van der Waals surface area contributed by atoms with Gasteiger partial charge in [0.15, 0.2) is 5.78 Å². The van der Waals surface area contributed by atoms with Crippen LogP contribution in [-0.2, 0) is 11.2 Å². The Bertz CT molecular complexity index is 1030. The molecule has 1 aliphatic rings. The minimum atomic E-state index is -4.63. The summed E-state index contributed by atoms with van der Waals surface area (Å²) in [6, 6.07) is 9.78. The minimum absolute atomic E-state index is 0.108. The Morgan fingerprint density at radius 2 is 1.62 bits per heavy atom. The first-order chi connectivity index (χ1) is 15.8. The lowest BCUT2D eigenvalue weighted by Gasteiger charge is -2.26. The van der Waals surface area contributed by atoms with E-state index < -0.39 is 35.9 Å². The molecule has 1 amide bonds. The molecule has 0 radical (unpaired) electrons. The van der Waals surface area contributed by atoms with E-state index in [1.54, 1.807) is 6.07 Å². The molecule has 6 nitrogen and oxygen atoms in total. The first-order valence-electron chi connectivity index (χ1n) is 10.5. The van der Waals surface area contributed by atoms with Gasteiger partial charge in [-0.3, -0.25) is 9.59 Å². The summed E-state index contributed by atoms with van der Waals surface area (Å²) in [6.45, 7) is 2.26. The largest absolute Gasteiger partial charge is 0.503 e. The van der Waals surface area contributed by atoms with Crippen molar-refractivity contribution in [2.45, 2.75) is 45.2 Å². The van der Waals surface area contributed by atoms with Crippen LogP contribution >= 0.6 is 0 Å². The van der Waals surface area contributed by atoms with Crippen molar-refractivity contribution in [3.05, 3.63) is 65.0 Å². The minimum Gasteiger partial charge on any atom is -0.450 e. The fraction of sp³-hybridized carbons (Fsp3) is 0.375. The van der Waals surface area contributed by atoms with E-state index in [0.29, 0.717) is 11.5 Å². The standard InChI is InChI=1S/C23H23F4NO2.CH2O3/c1-13(23(25,26)27)21(18-8-6-17(7-9-18)14(2)29)22(30)28-20-12-16(5-10-19(20)24)11-15-3-4-15;2-1(3)4/h5-10,12-13,15,21H,3-4,11H2,1-2H3,(H,28,30);(H2,2,3,4)/t13-,21+;/m1./s1. The summed E-state index contributed by atoms with van der Waals surface area (Å²) in [5.41, 5.74) is 1.14. The molecule has 34 heavy (non-hydrogen) atoms. The number of carbonyl (C=O) groups excluding carboxylic acids is 2. The molecule has 0 unspecified atom stereocenters. The number of hydrogen-bond acceptors (Lipinski definition) is 3. The molecule has 1 aliphatic carbocycles. The van der Waals surface area contributed by atoms with Gasteiger partial charge in [0.05, 0.1) is 17.5 Å². The molecule has 2 aromatic rings. The molecule has 0 bridgehead atoms. The first kappa shape index (κ1) is 26.8. The number of amides is 1. The second-order valence-electron chi connectivity index (χ2n) is 8.22. The molecular weight excluding hydrogens is 458 g/mol. The highest BCUT2D eigenvalue weighted by atomic mass is 19.4. The molecule has 1 fully saturated rings. The summed E-state index contributed by atoms with van der Waals surface area (Å²) >= 11 is 0. The van der Waals surface area contributed by atoms with Crippen LogP contribution in [0.4, 0.5) is 28.0 Å². The number of Topliss-reactive ketones (excluding diaryl/α,β-unsaturated/α-hetero) is 1. The van der Waals surface area contributed by atoms with Gasteiger partial charge in [0.1, 0.15) is 5.82 Å². The number of nitrogens with one attached hydrogen (secondary N) is 1. The van der Waals surface area contributed by atoms with Crippen molar-refractivity contribution in [2.75, 3.05) is 5.32 Å². The molecule has 10 heteroatoms. The number of halogens is 4. The monoisotopic (exact) mass is 483 g/mol. The highest BCUT2D eigenvalue weighted by molar-refractivity contribution is 5.97. The number of carbonyl (C=O) groups is 3. The van der Waals surface area contributed by atoms with Gasteiger partial charge in [-0.15, -0.1) is 0 Å². The normalized spacial score (nSPS) is 14.9. The van der Waals surface area contributed by atoms with Crippen LogP contribution in [0.3, 0.4) is 0 Å². The van der Waals surface area contributed by atoms with Gasteiger partial charge in [-0.1, -0.05) is 37.3 Å². The summed E-state index contributed by atoms with van der Waals surface area (Å²) < 4.78 is 54.7. The Morgan fingerprint density at radius 1 is 1.06 bits per heavy atom. The molecule has 0 spiro atoms. The lowest BCUT2D eigenvalue weighted by molar-refractivity contribution is -0.178. The molecular formula is C24H25F4NO5. The average Bonchev–Trinajstić information content (AvgIpc) is 3.54. The molecule has 2 aromatic carbocycles. The maximum atomic E-state index is 14.3. The van der Waals surface area contributed by atoms with Crippen molar-refractivity contribution in [3.63, 3.8) is 0 Å². The van der Waals surface area contributed by atoms with Crippen molar-refractivity contribution < 1.29 is 42.2 Å². The molecule has 3 rings (SSSR count). The van der Waals surface area contributed by atoms with Gasteiger partial charge in [-0.25, -0.2) is 9.18 Å². The Morgan fingerprint density at radius 3 is 2.09 bits per heavy atom. The lowest BCUT2D eigenvalue weighted by Crippen LogP contribution is -2.34. The van der Waals surface area contributed by atoms with E-state index >= 15 is 0 Å². The van der Waals surface area contributed by atoms with Crippen molar-refractivity contribution in [1.29, 1.82) is 0 Å². The van der Waals surface area contributed by atoms with Crippen molar-refractivity contribution in [2.24, 2.45) is 11.8 Å². The van der Waals surface area contributed by atoms with Crippen LogP contribution in [-0.4, -0.2) is 34.2 Å². The quantitative estimate of drug-likeness (QED) is 0.325. The Kier molecular flexibility index (Phi) is 8.78.